The zero-order chi connectivity index (χ0) is 13.5. The Balaban J connectivity index is 2.05. The molecule has 2 heterocycles. The summed E-state index contributed by atoms with van der Waals surface area (Å²) in [7, 11) is 0. The van der Waals surface area contributed by atoms with Crippen LogP contribution in [0, 0.1) is 6.92 Å². The van der Waals surface area contributed by atoms with E-state index in [1.165, 1.54) is 11.1 Å². The van der Waals surface area contributed by atoms with E-state index in [-0.39, 0.29) is 0 Å². The number of pyridine rings is 1. The van der Waals surface area contributed by atoms with Crippen molar-refractivity contribution < 1.29 is 4.42 Å². The Morgan fingerprint density at radius 3 is 2.95 bits per heavy atom. The SMILES string of the molecule is CCCNC(CCc1ccco1)c1cnccc1C. The van der Waals surface area contributed by atoms with Crippen LogP contribution in [-0.4, -0.2) is 11.5 Å². The number of nitrogens with zero attached hydrogens (tertiary/aromatic N) is 1. The minimum Gasteiger partial charge on any atom is -0.469 e. The van der Waals surface area contributed by atoms with Crippen LogP contribution in [-0.2, 0) is 6.42 Å². The molecule has 0 saturated heterocycles. The maximum atomic E-state index is 5.41. The molecule has 2 aromatic rings. The molecule has 3 nitrogen and oxygen atoms in total. The summed E-state index contributed by atoms with van der Waals surface area (Å²) in [6.07, 6.45) is 8.67. The van der Waals surface area contributed by atoms with Crippen LogP contribution in [0.3, 0.4) is 0 Å². The minimum absolute atomic E-state index is 0.346. The highest BCUT2D eigenvalue weighted by atomic mass is 16.3. The number of furan rings is 1. The Morgan fingerprint density at radius 1 is 1.37 bits per heavy atom. The smallest absolute Gasteiger partial charge is 0.103 e. The lowest BCUT2D eigenvalue weighted by Crippen LogP contribution is -2.23. The molecule has 1 N–H and O–H groups in total. The summed E-state index contributed by atoms with van der Waals surface area (Å²) in [4.78, 5) is 4.26. The molecule has 0 saturated carbocycles. The predicted molar refractivity (Wildman–Crippen MR) is 77.0 cm³/mol. The van der Waals surface area contributed by atoms with Crippen molar-refractivity contribution in [3.8, 4) is 0 Å². The first-order valence-electron chi connectivity index (χ1n) is 6.97. The Kier molecular flexibility index (Phi) is 5.16. The third-order valence-electron chi connectivity index (χ3n) is 3.36. The summed E-state index contributed by atoms with van der Waals surface area (Å²) in [6.45, 7) is 5.36. The minimum atomic E-state index is 0.346. The number of nitrogens with one attached hydrogen (secondary N) is 1. The highest BCUT2D eigenvalue weighted by Crippen LogP contribution is 2.21. The molecule has 1 atom stereocenters. The van der Waals surface area contributed by atoms with E-state index in [1.54, 1.807) is 6.26 Å². The van der Waals surface area contributed by atoms with Gasteiger partial charge in [0.2, 0.25) is 0 Å². The summed E-state index contributed by atoms with van der Waals surface area (Å²) in [5, 5.41) is 3.61. The molecule has 3 heteroatoms. The van der Waals surface area contributed by atoms with E-state index in [4.69, 9.17) is 4.42 Å². The average Bonchev–Trinajstić information content (AvgIpc) is 2.93. The number of aromatic nitrogens is 1. The number of rotatable bonds is 7. The highest BCUT2D eigenvalue weighted by Gasteiger charge is 2.13. The van der Waals surface area contributed by atoms with E-state index in [1.807, 2.05) is 24.5 Å². The van der Waals surface area contributed by atoms with E-state index < -0.39 is 0 Å². The van der Waals surface area contributed by atoms with Crippen LogP contribution in [0.25, 0.3) is 0 Å². The summed E-state index contributed by atoms with van der Waals surface area (Å²) in [5.74, 6) is 1.05. The second-order valence-electron chi connectivity index (χ2n) is 4.86. The van der Waals surface area contributed by atoms with Gasteiger partial charge in [-0.2, -0.15) is 0 Å². The maximum absolute atomic E-state index is 5.41. The fourth-order valence-electron chi connectivity index (χ4n) is 2.27. The van der Waals surface area contributed by atoms with Gasteiger partial charge in [-0.1, -0.05) is 6.92 Å². The molecule has 0 bridgehead atoms. The van der Waals surface area contributed by atoms with E-state index in [0.717, 1.165) is 31.6 Å². The maximum Gasteiger partial charge on any atom is 0.103 e. The Labute approximate surface area is 115 Å². The van der Waals surface area contributed by atoms with Crippen LogP contribution in [0.2, 0.25) is 0 Å². The number of hydrogen-bond acceptors (Lipinski definition) is 3. The largest absolute Gasteiger partial charge is 0.469 e. The molecule has 102 valence electrons. The fraction of sp³-hybridized carbons (Fsp3) is 0.438. The van der Waals surface area contributed by atoms with Crippen LogP contribution in [0.5, 0.6) is 0 Å². The van der Waals surface area contributed by atoms with Crippen LogP contribution in [0.4, 0.5) is 0 Å². The lowest BCUT2D eigenvalue weighted by atomic mass is 9.99. The van der Waals surface area contributed by atoms with Crippen molar-refractivity contribution in [3.05, 3.63) is 53.7 Å². The first kappa shape index (κ1) is 13.8. The van der Waals surface area contributed by atoms with Gasteiger partial charge < -0.3 is 9.73 Å². The summed E-state index contributed by atoms with van der Waals surface area (Å²) >= 11 is 0. The first-order valence-corrected chi connectivity index (χ1v) is 6.97. The third kappa shape index (κ3) is 3.93. The van der Waals surface area contributed by atoms with Crippen LogP contribution < -0.4 is 5.32 Å². The molecular weight excluding hydrogens is 236 g/mol. The lowest BCUT2D eigenvalue weighted by Gasteiger charge is -2.20. The average molecular weight is 258 g/mol. The topological polar surface area (TPSA) is 38.1 Å². The van der Waals surface area contributed by atoms with Gasteiger partial charge in [-0.3, -0.25) is 4.98 Å². The molecule has 2 rings (SSSR count). The molecule has 0 aromatic carbocycles. The van der Waals surface area contributed by atoms with Crippen LogP contribution >= 0.6 is 0 Å². The Bertz CT molecular complexity index is 479. The molecule has 0 amide bonds. The zero-order valence-corrected chi connectivity index (χ0v) is 11.7. The summed E-state index contributed by atoms with van der Waals surface area (Å²) in [5.41, 5.74) is 2.59. The standard InChI is InChI=1S/C16H22N2O/c1-3-9-18-16(7-6-14-5-4-11-19-14)15-12-17-10-8-13(15)2/h4-5,8,10-12,16,18H,3,6-7,9H2,1-2H3. The second-order valence-corrected chi connectivity index (χ2v) is 4.86. The van der Waals surface area contributed by atoms with E-state index in [0.29, 0.717) is 6.04 Å². The van der Waals surface area contributed by atoms with Gasteiger partial charge in [0.25, 0.3) is 0 Å². The van der Waals surface area contributed by atoms with Crippen molar-refractivity contribution in [2.75, 3.05) is 6.54 Å². The van der Waals surface area contributed by atoms with Crippen molar-refractivity contribution in [2.45, 2.75) is 39.2 Å². The number of hydrogen-bond donors (Lipinski definition) is 1. The van der Waals surface area contributed by atoms with Gasteiger partial charge in [-0.05, 0) is 55.6 Å². The molecule has 0 spiro atoms. The lowest BCUT2D eigenvalue weighted by molar-refractivity contribution is 0.451. The molecule has 1 unspecified atom stereocenters. The van der Waals surface area contributed by atoms with E-state index in [9.17, 15) is 0 Å². The van der Waals surface area contributed by atoms with Crippen molar-refractivity contribution in [3.63, 3.8) is 0 Å². The Morgan fingerprint density at radius 2 is 2.26 bits per heavy atom. The van der Waals surface area contributed by atoms with Crippen molar-refractivity contribution >= 4 is 0 Å². The second kappa shape index (κ2) is 7.10. The molecule has 0 radical (unpaired) electrons. The van der Waals surface area contributed by atoms with Gasteiger partial charge in [0.05, 0.1) is 6.26 Å². The molecular formula is C16H22N2O. The van der Waals surface area contributed by atoms with Crippen molar-refractivity contribution in [1.29, 1.82) is 0 Å². The van der Waals surface area contributed by atoms with Crippen LogP contribution in [0.1, 0.15) is 42.7 Å². The predicted octanol–water partition coefficient (Wildman–Crippen LogP) is 3.66. The summed E-state index contributed by atoms with van der Waals surface area (Å²) < 4.78 is 5.41. The van der Waals surface area contributed by atoms with E-state index >= 15 is 0 Å². The van der Waals surface area contributed by atoms with Gasteiger partial charge in [0.15, 0.2) is 0 Å². The first-order chi connectivity index (χ1) is 9.31. The molecule has 19 heavy (non-hydrogen) atoms. The fourth-order valence-corrected chi connectivity index (χ4v) is 2.27. The van der Waals surface area contributed by atoms with Gasteiger partial charge in [-0.25, -0.2) is 0 Å². The normalized spacial score (nSPS) is 12.5. The molecule has 2 aromatic heterocycles. The number of aryl methyl sites for hydroxylation is 2. The van der Waals surface area contributed by atoms with Gasteiger partial charge in [0.1, 0.15) is 5.76 Å². The summed E-state index contributed by atoms with van der Waals surface area (Å²) in [6, 6.07) is 6.40. The molecule has 0 fully saturated rings. The van der Waals surface area contributed by atoms with Gasteiger partial charge >= 0.3 is 0 Å². The monoisotopic (exact) mass is 258 g/mol. The third-order valence-corrected chi connectivity index (χ3v) is 3.36. The molecule has 0 aliphatic carbocycles. The molecule has 0 aliphatic heterocycles. The molecule has 0 aliphatic rings. The quantitative estimate of drug-likeness (QED) is 0.823. The van der Waals surface area contributed by atoms with Crippen LogP contribution in [0.15, 0.2) is 41.3 Å². The highest BCUT2D eigenvalue weighted by molar-refractivity contribution is 5.25. The zero-order valence-electron chi connectivity index (χ0n) is 11.7. The Hall–Kier alpha value is -1.61. The van der Waals surface area contributed by atoms with Crippen molar-refractivity contribution in [2.24, 2.45) is 0 Å². The van der Waals surface area contributed by atoms with Gasteiger partial charge in [-0.15, -0.1) is 0 Å². The van der Waals surface area contributed by atoms with Crippen molar-refractivity contribution in [1.82, 2.24) is 10.3 Å². The van der Waals surface area contributed by atoms with E-state index in [2.05, 4.69) is 30.2 Å². The van der Waals surface area contributed by atoms with Gasteiger partial charge in [0, 0.05) is 24.9 Å².